The first-order valence-corrected chi connectivity index (χ1v) is 5.49. The molecule has 0 aliphatic heterocycles. The van der Waals surface area contributed by atoms with Crippen LogP contribution in [0.4, 0.5) is 0 Å². The topological polar surface area (TPSA) is 26.0 Å². The third-order valence-electron chi connectivity index (χ3n) is 3.75. The van der Waals surface area contributed by atoms with Crippen molar-refractivity contribution in [3.63, 3.8) is 0 Å². The van der Waals surface area contributed by atoms with Crippen molar-refractivity contribution in [2.24, 2.45) is 11.7 Å². The Morgan fingerprint density at radius 1 is 1.36 bits per heavy atom. The zero-order valence-corrected chi connectivity index (χ0v) is 9.09. The Kier molecular flexibility index (Phi) is 2.36. The smallest absolute Gasteiger partial charge is 0.0438 e. The third-order valence-corrected chi connectivity index (χ3v) is 3.75. The minimum Gasteiger partial charge on any atom is -0.321 e. The van der Waals surface area contributed by atoms with E-state index in [0.717, 1.165) is 6.42 Å². The van der Waals surface area contributed by atoms with Crippen molar-refractivity contribution in [2.45, 2.75) is 38.6 Å². The van der Waals surface area contributed by atoms with Crippen molar-refractivity contribution < 1.29 is 0 Å². The average Bonchev–Trinajstić information content (AvgIpc) is 2.49. The lowest BCUT2D eigenvalue weighted by Crippen LogP contribution is -2.39. The zero-order chi connectivity index (χ0) is 10.2. The highest BCUT2D eigenvalue weighted by atomic mass is 14.8. The number of nitrogens with two attached hydrogens (primary N) is 1. The summed E-state index contributed by atoms with van der Waals surface area (Å²) in [6.07, 6.45) is 3.68. The molecule has 1 aliphatic rings. The van der Waals surface area contributed by atoms with Gasteiger partial charge < -0.3 is 5.73 Å². The standard InChI is InChI=1S/C13H19N/c1-10-6-3-4-8-12(10)13(14)9-5-7-11(13)2/h3-4,6,8,11H,5,7,9,14H2,1-2H3. The normalized spacial score (nSPS) is 32.1. The van der Waals surface area contributed by atoms with Gasteiger partial charge >= 0.3 is 0 Å². The summed E-state index contributed by atoms with van der Waals surface area (Å²) in [6, 6.07) is 8.54. The molecule has 0 spiro atoms. The Balaban J connectivity index is 2.43. The molecule has 76 valence electrons. The van der Waals surface area contributed by atoms with Crippen LogP contribution in [0, 0.1) is 12.8 Å². The maximum Gasteiger partial charge on any atom is 0.0438 e. The Morgan fingerprint density at radius 2 is 2.07 bits per heavy atom. The summed E-state index contributed by atoms with van der Waals surface area (Å²) in [4.78, 5) is 0. The third kappa shape index (κ3) is 1.36. The zero-order valence-electron chi connectivity index (χ0n) is 9.09. The molecular weight excluding hydrogens is 170 g/mol. The van der Waals surface area contributed by atoms with Crippen molar-refractivity contribution >= 4 is 0 Å². The second kappa shape index (κ2) is 3.39. The van der Waals surface area contributed by atoms with Crippen LogP contribution in [0.1, 0.15) is 37.3 Å². The second-order valence-corrected chi connectivity index (χ2v) is 4.65. The van der Waals surface area contributed by atoms with Gasteiger partial charge in [-0.05, 0) is 36.8 Å². The van der Waals surface area contributed by atoms with Crippen molar-refractivity contribution in [1.82, 2.24) is 0 Å². The summed E-state index contributed by atoms with van der Waals surface area (Å²) in [5.74, 6) is 0.614. The molecule has 1 aromatic carbocycles. The Hall–Kier alpha value is -0.820. The van der Waals surface area contributed by atoms with Gasteiger partial charge in [0, 0.05) is 5.54 Å². The van der Waals surface area contributed by atoms with Gasteiger partial charge in [-0.25, -0.2) is 0 Å². The molecule has 1 nitrogen and oxygen atoms in total. The molecular formula is C13H19N. The van der Waals surface area contributed by atoms with Crippen LogP contribution in [0.3, 0.4) is 0 Å². The SMILES string of the molecule is Cc1ccccc1C1(N)CCCC1C. The fraction of sp³-hybridized carbons (Fsp3) is 0.538. The van der Waals surface area contributed by atoms with E-state index in [1.807, 2.05) is 0 Å². The van der Waals surface area contributed by atoms with E-state index in [1.165, 1.54) is 24.0 Å². The molecule has 1 aromatic rings. The van der Waals surface area contributed by atoms with Gasteiger partial charge in [-0.15, -0.1) is 0 Å². The predicted octanol–water partition coefficient (Wildman–Crippen LogP) is 2.97. The van der Waals surface area contributed by atoms with E-state index in [2.05, 4.69) is 38.1 Å². The minimum absolute atomic E-state index is 0.0641. The molecule has 1 saturated carbocycles. The second-order valence-electron chi connectivity index (χ2n) is 4.65. The molecule has 1 fully saturated rings. The fourth-order valence-electron chi connectivity index (χ4n) is 2.70. The molecule has 0 radical (unpaired) electrons. The van der Waals surface area contributed by atoms with Gasteiger partial charge in [0.2, 0.25) is 0 Å². The molecule has 0 aromatic heterocycles. The molecule has 0 saturated heterocycles. The molecule has 2 rings (SSSR count). The largest absolute Gasteiger partial charge is 0.321 e. The molecule has 14 heavy (non-hydrogen) atoms. The summed E-state index contributed by atoms with van der Waals surface area (Å²) < 4.78 is 0. The van der Waals surface area contributed by atoms with Gasteiger partial charge in [-0.3, -0.25) is 0 Å². The monoisotopic (exact) mass is 189 g/mol. The van der Waals surface area contributed by atoms with E-state index < -0.39 is 0 Å². The van der Waals surface area contributed by atoms with Crippen LogP contribution in [-0.4, -0.2) is 0 Å². The first kappa shape index (κ1) is 9.72. The van der Waals surface area contributed by atoms with E-state index in [0.29, 0.717) is 5.92 Å². The molecule has 0 bridgehead atoms. The van der Waals surface area contributed by atoms with E-state index in [4.69, 9.17) is 5.73 Å². The molecule has 1 aliphatic carbocycles. The molecule has 1 heteroatoms. The molecule has 0 amide bonds. The highest BCUT2D eigenvalue weighted by Crippen LogP contribution is 2.42. The minimum atomic E-state index is -0.0641. The lowest BCUT2D eigenvalue weighted by molar-refractivity contribution is 0.347. The summed E-state index contributed by atoms with van der Waals surface area (Å²) in [5, 5.41) is 0. The van der Waals surface area contributed by atoms with Crippen LogP contribution >= 0.6 is 0 Å². The Labute approximate surface area is 86.3 Å². The van der Waals surface area contributed by atoms with Gasteiger partial charge in [-0.1, -0.05) is 37.6 Å². The summed E-state index contributed by atoms with van der Waals surface area (Å²) in [7, 11) is 0. The maximum absolute atomic E-state index is 6.52. The maximum atomic E-state index is 6.52. The first-order chi connectivity index (χ1) is 6.64. The summed E-state index contributed by atoms with van der Waals surface area (Å²) in [6.45, 7) is 4.44. The van der Waals surface area contributed by atoms with E-state index in [-0.39, 0.29) is 5.54 Å². The predicted molar refractivity (Wildman–Crippen MR) is 60.1 cm³/mol. The quantitative estimate of drug-likeness (QED) is 0.722. The highest BCUT2D eigenvalue weighted by molar-refractivity contribution is 5.33. The van der Waals surface area contributed by atoms with E-state index in [1.54, 1.807) is 0 Å². The molecule has 0 heterocycles. The van der Waals surface area contributed by atoms with Gasteiger partial charge in [0.05, 0.1) is 0 Å². The van der Waals surface area contributed by atoms with Crippen LogP contribution < -0.4 is 5.73 Å². The lowest BCUT2D eigenvalue weighted by Gasteiger charge is -2.31. The average molecular weight is 189 g/mol. The lowest BCUT2D eigenvalue weighted by atomic mass is 9.80. The van der Waals surface area contributed by atoms with Crippen LogP contribution in [-0.2, 0) is 5.54 Å². The van der Waals surface area contributed by atoms with Crippen molar-refractivity contribution in [3.8, 4) is 0 Å². The number of rotatable bonds is 1. The van der Waals surface area contributed by atoms with Crippen LogP contribution in [0.2, 0.25) is 0 Å². The Morgan fingerprint density at radius 3 is 2.64 bits per heavy atom. The van der Waals surface area contributed by atoms with Gasteiger partial charge in [-0.2, -0.15) is 0 Å². The summed E-state index contributed by atoms with van der Waals surface area (Å²) in [5.41, 5.74) is 9.15. The van der Waals surface area contributed by atoms with Crippen LogP contribution in [0.25, 0.3) is 0 Å². The molecule has 2 unspecified atom stereocenters. The van der Waals surface area contributed by atoms with Crippen molar-refractivity contribution in [3.05, 3.63) is 35.4 Å². The van der Waals surface area contributed by atoms with E-state index >= 15 is 0 Å². The number of benzene rings is 1. The van der Waals surface area contributed by atoms with Crippen molar-refractivity contribution in [2.75, 3.05) is 0 Å². The number of aryl methyl sites for hydroxylation is 1. The van der Waals surface area contributed by atoms with Crippen LogP contribution in [0.5, 0.6) is 0 Å². The molecule has 2 atom stereocenters. The van der Waals surface area contributed by atoms with E-state index in [9.17, 15) is 0 Å². The van der Waals surface area contributed by atoms with Crippen LogP contribution in [0.15, 0.2) is 24.3 Å². The van der Waals surface area contributed by atoms with Crippen molar-refractivity contribution in [1.29, 1.82) is 0 Å². The fourth-order valence-corrected chi connectivity index (χ4v) is 2.70. The van der Waals surface area contributed by atoms with Gasteiger partial charge in [0.25, 0.3) is 0 Å². The highest BCUT2D eigenvalue weighted by Gasteiger charge is 2.38. The first-order valence-electron chi connectivity index (χ1n) is 5.49. The molecule has 2 N–H and O–H groups in total. The van der Waals surface area contributed by atoms with Gasteiger partial charge in [0.15, 0.2) is 0 Å². The number of hydrogen-bond acceptors (Lipinski definition) is 1. The number of hydrogen-bond donors (Lipinski definition) is 1. The Bertz CT molecular complexity index is 332. The van der Waals surface area contributed by atoms with Gasteiger partial charge in [0.1, 0.15) is 0 Å². The summed E-state index contributed by atoms with van der Waals surface area (Å²) >= 11 is 0.